The van der Waals surface area contributed by atoms with Gasteiger partial charge in [0.2, 0.25) is 0 Å². The lowest BCUT2D eigenvalue weighted by Crippen LogP contribution is -2.40. The van der Waals surface area contributed by atoms with E-state index in [4.69, 9.17) is 22.2 Å². The Hall–Kier alpha value is 0.0169. The normalized spacial score (nSPS) is 14.2. The van der Waals surface area contributed by atoms with Crippen LogP contribution in [0.3, 0.4) is 0 Å². The van der Waals surface area contributed by atoms with Crippen LogP contribution in [0, 0.1) is 0 Å². The van der Waals surface area contributed by atoms with E-state index < -0.39 is 6.69 Å². The molecule has 0 saturated carbocycles. The van der Waals surface area contributed by atoms with Gasteiger partial charge in [0.05, 0.1) is 0 Å². The fourth-order valence-electron chi connectivity index (χ4n) is 1.20. The average molecular weight is 233 g/mol. The molecule has 1 aromatic rings. The molecular weight excluding hydrogens is 219 g/mol. The van der Waals surface area contributed by atoms with E-state index in [0.717, 1.165) is 11.6 Å². The van der Waals surface area contributed by atoms with E-state index in [9.17, 15) is 0 Å². The summed E-state index contributed by atoms with van der Waals surface area (Å²) in [5.74, 6) is 0. The standard InChI is InChI=1S/C10H14Cl2Si/c1-3-9(2)13(11,12)10-7-5-4-6-8-10/h4-9H,3H2,1-2H3. The lowest BCUT2D eigenvalue weighted by atomic mass is 10.4. The molecule has 1 aromatic carbocycles. The largest absolute Gasteiger partial charge is 0.283 e. The average Bonchev–Trinajstić information content (AvgIpc) is 2.18. The van der Waals surface area contributed by atoms with Gasteiger partial charge in [-0.1, -0.05) is 50.6 Å². The molecule has 13 heavy (non-hydrogen) atoms. The highest BCUT2D eigenvalue weighted by atomic mass is 35.7. The SMILES string of the molecule is CCC(C)[Si](Cl)(Cl)c1ccccc1. The first-order chi connectivity index (χ1) is 6.09. The molecule has 0 fully saturated rings. The molecule has 0 saturated heterocycles. The summed E-state index contributed by atoms with van der Waals surface area (Å²) in [6.07, 6.45) is 1.04. The van der Waals surface area contributed by atoms with Crippen molar-refractivity contribution in [3.63, 3.8) is 0 Å². The molecule has 0 aromatic heterocycles. The first-order valence-electron chi connectivity index (χ1n) is 4.52. The van der Waals surface area contributed by atoms with Crippen LogP contribution >= 0.6 is 22.2 Å². The summed E-state index contributed by atoms with van der Waals surface area (Å²) < 4.78 is 0. The maximum atomic E-state index is 6.42. The summed E-state index contributed by atoms with van der Waals surface area (Å²) in [5.41, 5.74) is 0.401. The topological polar surface area (TPSA) is 0 Å². The Morgan fingerprint density at radius 1 is 1.23 bits per heavy atom. The van der Waals surface area contributed by atoms with E-state index in [1.54, 1.807) is 0 Å². The van der Waals surface area contributed by atoms with Crippen LogP contribution < -0.4 is 5.19 Å². The zero-order valence-corrected chi connectivity index (χ0v) is 10.4. The minimum absolute atomic E-state index is 0.401. The predicted octanol–water partition coefficient (Wildman–Crippen LogP) is 3.61. The molecule has 0 amide bonds. The van der Waals surface area contributed by atoms with E-state index in [1.807, 2.05) is 30.3 Å². The molecule has 0 heterocycles. The van der Waals surface area contributed by atoms with Gasteiger partial charge in [-0.3, -0.25) is 0 Å². The number of rotatable bonds is 3. The predicted molar refractivity (Wildman–Crippen MR) is 63.3 cm³/mol. The molecule has 0 aliphatic carbocycles. The first-order valence-corrected chi connectivity index (χ1v) is 8.62. The van der Waals surface area contributed by atoms with Crippen molar-refractivity contribution in [1.29, 1.82) is 0 Å². The molecule has 1 rings (SSSR count). The maximum Gasteiger partial charge on any atom is 0.283 e. The van der Waals surface area contributed by atoms with Crippen LogP contribution in [0.25, 0.3) is 0 Å². The second-order valence-electron chi connectivity index (χ2n) is 3.30. The van der Waals surface area contributed by atoms with Gasteiger partial charge in [-0.2, -0.15) is 0 Å². The molecule has 0 bridgehead atoms. The van der Waals surface area contributed by atoms with Crippen molar-refractivity contribution < 1.29 is 0 Å². The Balaban J connectivity index is 2.93. The molecule has 0 nitrogen and oxygen atoms in total. The van der Waals surface area contributed by atoms with Crippen LogP contribution in [-0.2, 0) is 0 Å². The summed E-state index contributed by atoms with van der Waals surface area (Å²) in [6, 6.07) is 10.0. The van der Waals surface area contributed by atoms with Crippen molar-refractivity contribution >= 4 is 34.0 Å². The summed E-state index contributed by atoms with van der Waals surface area (Å²) in [6.45, 7) is 2.01. The number of hydrogen-bond donors (Lipinski definition) is 0. The zero-order valence-electron chi connectivity index (χ0n) is 7.93. The zero-order chi connectivity index (χ0) is 9.90. The number of benzene rings is 1. The Labute approximate surface area is 90.3 Å². The third kappa shape index (κ3) is 2.49. The molecule has 3 heteroatoms. The minimum atomic E-state index is -2.24. The van der Waals surface area contributed by atoms with Gasteiger partial charge in [-0.25, -0.2) is 0 Å². The fraction of sp³-hybridized carbons (Fsp3) is 0.400. The first kappa shape index (κ1) is 11.1. The van der Waals surface area contributed by atoms with Crippen LogP contribution in [0.1, 0.15) is 20.3 Å². The lowest BCUT2D eigenvalue weighted by Gasteiger charge is -2.23. The van der Waals surface area contributed by atoms with Crippen molar-refractivity contribution in [3.05, 3.63) is 30.3 Å². The molecule has 0 aliphatic rings. The van der Waals surface area contributed by atoms with Crippen LogP contribution in [0.2, 0.25) is 5.54 Å². The molecule has 0 spiro atoms. The maximum absolute atomic E-state index is 6.42. The summed E-state index contributed by atoms with van der Waals surface area (Å²) in [5, 5.41) is 1.12. The quantitative estimate of drug-likeness (QED) is 0.552. The molecule has 1 atom stereocenters. The van der Waals surface area contributed by atoms with Gasteiger partial charge in [0.1, 0.15) is 0 Å². The third-order valence-electron chi connectivity index (χ3n) is 2.39. The van der Waals surface area contributed by atoms with Gasteiger partial charge in [0.25, 0.3) is 6.69 Å². The summed E-state index contributed by atoms with van der Waals surface area (Å²) in [7, 11) is 0. The van der Waals surface area contributed by atoms with Crippen molar-refractivity contribution in [2.24, 2.45) is 0 Å². The molecule has 1 unspecified atom stereocenters. The lowest BCUT2D eigenvalue weighted by molar-refractivity contribution is 0.866. The molecule has 72 valence electrons. The van der Waals surface area contributed by atoms with Gasteiger partial charge in [-0.15, -0.1) is 22.2 Å². The molecule has 0 radical (unpaired) electrons. The van der Waals surface area contributed by atoms with Gasteiger partial charge in [0, 0.05) is 0 Å². The molecule has 0 aliphatic heterocycles. The van der Waals surface area contributed by atoms with Gasteiger partial charge in [0.15, 0.2) is 0 Å². The second kappa shape index (κ2) is 4.49. The van der Waals surface area contributed by atoms with Crippen molar-refractivity contribution in [3.8, 4) is 0 Å². The number of hydrogen-bond acceptors (Lipinski definition) is 0. The van der Waals surface area contributed by atoms with Gasteiger partial charge >= 0.3 is 0 Å². The summed E-state index contributed by atoms with van der Waals surface area (Å²) >= 11 is 12.8. The second-order valence-corrected chi connectivity index (χ2v) is 10.3. The Morgan fingerprint density at radius 2 is 1.77 bits per heavy atom. The highest BCUT2D eigenvalue weighted by Crippen LogP contribution is 2.31. The third-order valence-corrected chi connectivity index (χ3v) is 8.68. The molecular formula is C10H14Cl2Si. The van der Waals surface area contributed by atoms with Crippen molar-refractivity contribution in [2.75, 3.05) is 0 Å². The minimum Gasteiger partial charge on any atom is -0.139 e. The van der Waals surface area contributed by atoms with Crippen LogP contribution in [0.5, 0.6) is 0 Å². The van der Waals surface area contributed by atoms with Gasteiger partial charge in [-0.05, 0) is 10.7 Å². The Bertz CT molecular complexity index is 259. The summed E-state index contributed by atoms with van der Waals surface area (Å²) in [4.78, 5) is 0. The van der Waals surface area contributed by atoms with Crippen molar-refractivity contribution in [2.45, 2.75) is 25.8 Å². The van der Waals surface area contributed by atoms with Crippen molar-refractivity contribution in [1.82, 2.24) is 0 Å². The van der Waals surface area contributed by atoms with E-state index >= 15 is 0 Å². The van der Waals surface area contributed by atoms with E-state index in [0.29, 0.717) is 5.54 Å². The van der Waals surface area contributed by atoms with E-state index in [1.165, 1.54) is 0 Å². The van der Waals surface area contributed by atoms with Crippen LogP contribution in [0.4, 0.5) is 0 Å². The molecule has 0 N–H and O–H groups in total. The highest BCUT2D eigenvalue weighted by molar-refractivity contribution is 7.51. The Kier molecular flexibility index (Phi) is 3.83. The van der Waals surface area contributed by atoms with Crippen LogP contribution in [0.15, 0.2) is 30.3 Å². The highest BCUT2D eigenvalue weighted by Gasteiger charge is 2.36. The smallest absolute Gasteiger partial charge is 0.139 e. The van der Waals surface area contributed by atoms with E-state index in [2.05, 4.69) is 13.8 Å². The monoisotopic (exact) mass is 232 g/mol. The van der Waals surface area contributed by atoms with Crippen LogP contribution in [-0.4, -0.2) is 6.69 Å². The van der Waals surface area contributed by atoms with E-state index in [-0.39, 0.29) is 0 Å². The number of halogens is 2. The Morgan fingerprint density at radius 3 is 2.23 bits per heavy atom. The van der Waals surface area contributed by atoms with Gasteiger partial charge < -0.3 is 0 Å². The fourth-order valence-corrected chi connectivity index (χ4v) is 4.60.